The number of anilines is 1. The van der Waals surface area contributed by atoms with Crippen molar-refractivity contribution in [3.05, 3.63) is 57.1 Å². The van der Waals surface area contributed by atoms with E-state index >= 15 is 0 Å². The Morgan fingerprint density at radius 2 is 2.09 bits per heavy atom. The summed E-state index contributed by atoms with van der Waals surface area (Å²) >= 11 is 0. The fourth-order valence-electron chi connectivity index (χ4n) is 2.25. The van der Waals surface area contributed by atoms with Crippen LogP contribution in [0.2, 0.25) is 0 Å². The average Bonchev–Trinajstić information content (AvgIpc) is 2.52. The summed E-state index contributed by atoms with van der Waals surface area (Å²) in [6.07, 6.45) is 2.42. The van der Waals surface area contributed by atoms with Gasteiger partial charge >= 0.3 is 0 Å². The average molecular weight is 314 g/mol. The van der Waals surface area contributed by atoms with Gasteiger partial charge in [-0.15, -0.1) is 0 Å². The van der Waals surface area contributed by atoms with E-state index in [2.05, 4.69) is 20.6 Å². The van der Waals surface area contributed by atoms with E-state index in [0.717, 1.165) is 17.7 Å². The van der Waals surface area contributed by atoms with Crippen LogP contribution in [0.3, 0.4) is 0 Å². The molecule has 0 unspecified atom stereocenters. The summed E-state index contributed by atoms with van der Waals surface area (Å²) in [5, 5.41) is 5.91. The van der Waals surface area contributed by atoms with E-state index in [0.29, 0.717) is 30.0 Å². The highest BCUT2D eigenvalue weighted by Gasteiger charge is 2.07. The third-order valence-corrected chi connectivity index (χ3v) is 3.50. The maximum Gasteiger partial charge on any atom is 0.253 e. The summed E-state index contributed by atoms with van der Waals surface area (Å²) < 4.78 is 0. The van der Waals surface area contributed by atoms with Gasteiger partial charge in [0.2, 0.25) is 0 Å². The van der Waals surface area contributed by atoms with Crippen LogP contribution in [0.4, 0.5) is 5.82 Å². The van der Waals surface area contributed by atoms with Crippen molar-refractivity contribution in [1.29, 1.82) is 0 Å². The number of aromatic amines is 1. The number of H-pyrrole nitrogens is 1. The summed E-state index contributed by atoms with van der Waals surface area (Å²) in [5.74, 6) is 0.494. The van der Waals surface area contributed by atoms with Crippen LogP contribution >= 0.6 is 0 Å². The predicted molar refractivity (Wildman–Crippen MR) is 90.7 cm³/mol. The molecule has 2 aromatic rings. The predicted octanol–water partition coefficient (Wildman–Crippen LogP) is 2.14. The van der Waals surface area contributed by atoms with Gasteiger partial charge in [0.15, 0.2) is 0 Å². The molecule has 0 aliphatic heterocycles. The number of amides is 1. The highest BCUT2D eigenvalue weighted by atomic mass is 16.1. The topological polar surface area (TPSA) is 86.9 Å². The minimum absolute atomic E-state index is 0.0921. The van der Waals surface area contributed by atoms with E-state index in [1.54, 1.807) is 12.1 Å². The Balaban J connectivity index is 2.02. The molecule has 6 nitrogen and oxygen atoms in total. The third kappa shape index (κ3) is 4.42. The number of aryl methyl sites for hydroxylation is 2. The second-order valence-electron chi connectivity index (χ2n) is 5.48. The molecule has 2 rings (SSSR count). The minimum Gasteiger partial charge on any atom is -0.366 e. The Bertz CT molecular complexity index is 735. The zero-order valence-electron chi connectivity index (χ0n) is 13.7. The lowest BCUT2D eigenvalue weighted by atomic mass is 10.1. The van der Waals surface area contributed by atoms with Crippen LogP contribution < -0.4 is 16.2 Å². The van der Waals surface area contributed by atoms with E-state index in [1.165, 1.54) is 6.20 Å². The first-order valence-corrected chi connectivity index (χ1v) is 7.68. The zero-order chi connectivity index (χ0) is 16.8. The van der Waals surface area contributed by atoms with Crippen LogP contribution in [0.1, 0.15) is 40.5 Å². The Labute approximate surface area is 135 Å². The molecule has 0 atom stereocenters. The monoisotopic (exact) mass is 314 g/mol. The first-order chi connectivity index (χ1) is 11.0. The van der Waals surface area contributed by atoms with E-state index in [-0.39, 0.29) is 11.5 Å². The molecular weight excluding hydrogens is 292 g/mol. The molecule has 0 bridgehead atoms. The standard InChI is InChI=1S/C17H22N4O2/c1-4-7-18-16(22)13-5-6-15(19-9-13)20-10-14-11(2)8-12(3)21-17(14)23/h5-6,8-9H,4,7,10H2,1-3H3,(H,18,22)(H,19,20)(H,21,23). The Morgan fingerprint density at radius 1 is 1.30 bits per heavy atom. The first-order valence-electron chi connectivity index (χ1n) is 7.68. The normalized spacial score (nSPS) is 10.4. The largest absolute Gasteiger partial charge is 0.366 e. The number of rotatable bonds is 6. The maximum absolute atomic E-state index is 12.0. The number of nitrogens with one attached hydrogen (secondary N) is 3. The number of aromatic nitrogens is 2. The molecule has 23 heavy (non-hydrogen) atoms. The lowest BCUT2D eigenvalue weighted by molar-refractivity contribution is 0.0953. The maximum atomic E-state index is 12.0. The molecule has 6 heteroatoms. The number of nitrogens with zero attached hydrogens (tertiary/aromatic N) is 1. The van der Waals surface area contributed by atoms with Gasteiger partial charge in [-0.25, -0.2) is 4.98 Å². The molecule has 0 aromatic carbocycles. The molecule has 2 heterocycles. The van der Waals surface area contributed by atoms with Crippen molar-refractivity contribution in [2.45, 2.75) is 33.7 Å². The SMILES string of the molecule is CCCNC(=O)c1ccc(NCc2c(C)cc(C)[nH]c2=O)nc1. The van der Waals surface area contributed by atoms with Gasteiger partial charge in [-0.2, -0.15) is 0 Å². The van der Waals surface area contributed by atoms with Crippen molar-refractivity contribution in [2.24, 2.45) is 0 Å². The lowest BCUT2D eigenvalue weighted by Gasteiger charge is -2.09. The van der Waals surface area contributed by atoms with E-state index in [9.17, 15) is 9.59 Å². The molecule has 1 amide bonds. The molecule has 3 N–H and O–H groups in total. The van der Waals surface area contributed by atoms with E-state index < -0.39 is 0 Å². The zero-order valence-corrected chi connectivity index (χ0v) is 13.7. The van der Waals surface area contributed by atoms with Crippen molar-refractivity contribution in [3.63, 3.8) is 0 Å². The molecule has 0 aliphatic carbocycles. The molecule has 0 fully saturated rings. The summed E-state index contributed by atoms with van der Waals surface area (Å²) in [4.78, 5) is 30.8. The van der Waals surface area contributed by atoms with Gasteiger partial charge in [0.25, 0.3) is 11.5 Å². The summed E-state index contributed by atoms with van der Waals surface area (Å²) in [5.41, 5.74) is 2.90. The molecule has 0 spiro atoms. The highest BCUT2D eigenvalue weighted by Crippen LogP contribution is 2.09. The van der Waals surface area contributed by atoms with Crippen molar-refractivity contribution in [2.75, 3.05) is 11.9 Å². The van der Waals surface area contributed by atoms with Gasteiger partial charge in [0.1, 0.15) is 5.82 Å². The number of hydrogen-bond donors (Lipinski definition) is 3. The van der Waals surface area contributed by atoms with Gasteiger partial charge in [-0.1, -0.05) is 6.92 Å². The molecular formula is C17H22N4O2. The minimum atomic E-state index is -0.128. The first kappa shape index (κ1) is 16.7. The van der Waals surface area contributed by atoms with Crippen LogP contribution in [0.15, 0.2) is 29.2 Å². The number of carbonyl (C=O) groups excluding carboxylic acids is 1. The van der Waals surface area contributed by atoms with Crippen molar-refractivity contribution < 1.29 is 4.79 Å². The van der Waals surface area contributed by atoms with E-state index in [4.69, 9.17) is 0 Å². The Morgan fingerprint density at radius 3 is 2.70 bits per heavy atom. The van der Waals surface area contributed by atoms with Crippen LogP contribution in [-0.4, -0.2) is 22.4 Å². The number of carbonyl (C=O) groups is 1. The second-order valence-corrected chi connectivity index (χ2v) is 5.48. The molecule has 122 valence electrons. The van der Waals surface area contributed by atoms with Crippen molar-refractivity contribution >= 4 is 11.7 Å². The molecule has 0 radical (unpaired) electrons. The van der Waals surface area contributed by atoms with Crippen LogP contribution in [-0.2, 0) is 6.54 Å². The number of hydrogen-bond acceptors (Lipinski definition) is 4. The van der Waals surface area contributed by atoms with E-state index in [1.807, 2.05) is 26.8 Å². The van der Waals surface area contributed by atoms with Crippen LogP contribution in [0.5, 0.6) is 0 Å². The second kappa shape index (κ2) is 7.58. The lowest BCUT2D eigenvalue weighted by Crippen LogP contribution is -2.24. The van der Waals surface area contributed by atoms with Gasteiger partial charge in [0, 0.05) is 30.5 Å². The summed E-state index contributed by atoms with van der Waals surface area (Å²) in [6, 6.07) is 5.39. The van der Waals surface area contributed by atoms with Gasteiger partial charge in [0.05, 0.1) is 5.56 Å². The van der Waals surface area contributed by atoms with Gasteiger partial charge in [-0.05, 0) is 44.0 Å². The summed E-state index contributed by atoms with van der Waals surface area (Å²) in [7, 11) is 0. The van der Waals surface area contributed by atoms with Crippen LogP contribution in [0, 0.1) is 13.8 Å². The Hall–Kier alpha value is -2.63. The fraction of sp³-hybridized carbons (Fsp3) is 0.353. The molecule has 0 saturated heterocycles. The molecule has 0 saturated carbocycles. The van der Waals surface area contributed by atoms with Crippen molar-refractivity contribution in [1.82, 2.24) is 15.3 Å². The molecule has 2 aromatic heterocycles. The third-order valence-electron chi connectivity index (χ3n) is 3.50. The summed E-state index contributed by atoms with van der Waals surface area (Å²) in [6.45, 7) is 6.80. The van der Waals surface area contributed by atoms with Crippen LogP contribution in [0.25, 0.3) is 0 Å². The van der Waals surface area contributed by atoms with Crippen molar-refractivity contribution in [3.8, 4) is 0 Å². The smallest absolute Gasteiger partial charge is 0.253 e. The highest BCUT2D eigenvalue weighted by molar-refractivity contribution is 5.93. The fourth-order valence-corrected chi connectivity index (χ4v) is 2.25. The Kier molecular flexibility index (Phi) is 5.51. The number of pyridine rings is 2. The van der Waals surface area contributed by atoms with Gasteiger partial charge < -0.3 is 15.6 Å². The molecule has 0 aliphatic rings. The quantitative estimate of drug-likeness (QED) is 0.762. The van der Waals surface area contributed by atoms with Gasteiger partial charge in [-0.3, -0.25) is 9.59 Å².